The fraction of sp³-hybridized carbons (Fsp3) is 0.538. The number of ether oxygens (including phenoxy) is 2. The molecule has 92 valence electrons. The van der Waals surface area contributed by atoms with Crippen LogP contribution >= 0.6 is 15.9 Å². The van der Waals surface area contributed by atoms with Gasteiger partial charge in [0.1, 0.15) is 13.2 Å². The first kappa shape index (κ1) is 11.4. The van der Waals surface area contributed by atoms with Gasteiger partial charge in [0.05, 0.1) is 0 Å². The summed E-state index contributed by atoms with van der Waals surface area (Å²) in [7, 11) is 0. The zero-order valence-electron chi connectivity index (χ0n) is 9.88. The zero-order chi connectivity index (χ0) is 11.8. The van der Waals surface area contributed by atoms with Gasteiger partial charge in [-0.2, -0.15) is 0 Å². The Bertz CT molecular complexity index is 442. The third-order valence-electron chi connectivity index (χ3n) is 3.48. The summed E-state index contributed by atoms with van der Waals surface area (Å²) in [6.07, 6.45) is 2.43. The van der Waals surface area contributed by atoms with Crippen LogP contribution in [0.1, 0.15) is 30.0 Å². The minimum absolute atomic E-state index is 0.445. The maximum Gasteiger partial charge on any atom is 0.164 e. The highest BCUT2D eigenvalue weighted by molar-refractivity contribution is 9.10. The van der Waals surface area contributed by atoms with Crippen LogP contribution in [0.3, 0.4) is 0 Å². The molecule has 0 saturated carbocycles. The summed E-state index contributed by atoms with van der Waals surface area (Å²) in [5.41, 5.74) is 2.53. The molecule has 0 amide bonds. The van der Waals surface area contributed by atoms with Gasteiger partial charge in [0, 0.05) is 16.1 Å². The van der Waals surface area contributed by atoms with Gasteiger partial charge >= 0.3 is 0 Å². The molecule has 2 aliphatic rings. The van der Waals surface area contributed by atoms with Crippen molar-refractivity contribution in [2.75, 3.05) is 19.8 Å². The summed E-state index contributed by atoms with van der Waals surface area (Å²) < 4.78 is 12.5. The second-order valence-electron chi connectivity index (χ2n) is 4.57. The second-order valence-corrected chi connectivity index (χ2v) is 5.42. The average molecular weight is 298 g/mol. The summed E-state index contributed by atoms with van der Waals surface area (Å²) in [6, 6.07) is 2.48. The lowest BCUT2D eigenvalue weighted by molar-refractivity contribution is 0.170. The minimum Gasteiger partial charge on any atom is -0.486 e. The Morgan fingerprint density at radius 1 is 1.35 bits per heavy atom. The monoisotopic (exact) mass is 297 g/mol. The lowest BCUT2D eigenvalue weighted by atomic mass is 9.98. The van der Waals surface area contributed by atoms with Gasteiger partial charge in [0.15, 0.2) is 11.5 Å². The van der Waals surface area contributed by atoms with Crippen LogP contribution in [-0.4, -0.2) is 19.8 Å². The van der Waals surface area contributed by atoms with E-state index in [2.05, 4.69) is 28.2 Å². The number of hydrogen-bond acceptors (Lipinski definition) is 3. The largest absolute Gasteiger partial charge is 0.486 e. The van der Waals surface area contributed by atoms with E-state index in [9.17, 15) is 0 Å². The standard InChI is InChI=1S/C13H16BrNO2/c1-8-12(10-3-2-4-15-10)9(14)7-11-13(8)17-6-5-16-11/h7,10,15H,2-6H2,1H3. The van der Waals surface area contributed by atoms with Crippen LogP contribution in [0.5, 0.6) is 11.5 Å². The smallest absolute Gasteiger partial charge is 0.164 e. The maximum atomic E-state index is 5.74. The van der Waals surface area contributed by atoms with Crippen LogP contribution in [0.15, 0.2) is 10.5 Å². The van der Waals surface area contributed by atoms with Gasteiger partial charge in [-0.05, 0) is 37.9 Å². The third-order valence-corrected chi connectivity index (χ3v) is 4.14. The van der Waals surface area contributed by atoms with Crippen molar-refractivity contribution in [3.05, 3.63) is 21.7 Å². The Morgan fingerprint density at radius 3 is 2.94 bits per heavy atom. The van der Waals surface area contributed by atoms with Crippen molar-refractivity contribution in [3.63, 3.8) is 0 Å². The Balaban J connectivity index is 2.08. The number of nitrogens with one attached hydrogen (secondary N) is 1. The Hall–Kier alpha value is -0.740. The molecular weight excluding hydrogens is 282 g/mol. The van der Waals surface area contributed by atoms with E-state index in [1.54, 1.807) is 0 Å². The first-order valence-corrected chi connectivity index (χ1v) is 6.88. The van der Waals surface area contributed by atoms with Crippen molar-refractivity contribution in [1.82, 2.24) is 5.32 Å². The molecule has 2 heterocycles. The third kappa shape index (κ3) is 1.93. The number of halogens is 1. The van der Waals surface area contributed by atoms with Gasteiger partial charge in [-0.25, -0.2) is 0 Å². The van der Waals surface area contributed by atoms with Crippen LogP contribution < -0.4 is 14.8 Å². The van der Waals surface area contributed by atoms with Crippen molar-refractivity contribution in [1.29, 1.82) is 0 Å². The highest BCUT2D eigenvalue weighted by atomic mass is 79.9. The molecule has 1 N–H and O–H groups in total. The SMILES string of the molecule is Cc1c2c(cc(Br)c1C1CCCN1)OCCO2. The molecule has 1 saturated heterocycles. The van der Waals surface area contributed by atoms with Crippen molar-refractivity contribution in [3.8, 4) is 11.5 Å². The number of benzene rings is 1. The molecule has 2 aliphatic heterocycles. The zero-order valence-corrected chi connectivity index (χ0v) is 11.5. The molecule has 1 aromatic carbocycles. The number of rotatable bonds is 1. The molecule has 0 spiro atoms. The fourth-order valence-corrected chi connectivity index (χ4v) is 3.47. The molecule has 17 heavy (non-hydrogen) atoms. The molecule has 0 radical (unpaired) electrons. The fourth-order valence-electron chi connectivity index (χ4n) is 2.69. The van der Waals surface area contributed by atoms with Crippen molar-refractivity contribution >= 4 is 15.9 Å². The highest BCUT2D eigenvalue weighted by Crippen LogP contribution is 2.43. The van der Waals surface area contributed by atoms with Gasteiger partial charge in [-0.3, -0.25) is 0 Å². The predicted molar refractivity (Wildman–Crippen MR) is 69.8 cm³/mol. The molecular formula is C13H16BrNO2. The summed E-state index contributed by atoms with van der Waals surface area (Å²) in [5.74, 6) is 1.78. The normalized spacial score (nSPS) is 22.8. The average Bonchev–Trinajstić information content (AvgIpc) is 2.83. The summed E-state index contributed by atoms with van der Waals surface area (Å²) >= 11 is 3.66. The van der Waals surface area contributed by atoms with E-state index in [4.69, 9.17) is 9.47 Å². The molecule has 3 rings (SSSR count). The van der Waals surface area contributed by atoms with Gasteiger partial charge in [0.25, 0.3) is 0 Å². The van der Waals surface area contributed by atoms with Crippen molar-refractivity contribution < 1.29 is 9.47 Å². The van der Waals surface area contributed by atoms with E-state index >= 15 is 0 Å². The first-order valence-electron chi connectivity index (χ1n) is 6.09. The Morgan fingerprint density at radius 2 is 2.18 bits per heavy atom. The van der Waals surface area contributed by atoms with Crippen molar-refractivity contribution in [2.24, 2.45) is 0 Å². The van der Waals surface area contributed by atoms with Gasteiger partial charge < -0.3 is 14.8 Å². The second kappa shape index (κ2) is 4.50. The van der Waals surface area contributed by atoms with Gasteiger partial charge in [-0.15, -0.1) is 0 Å². The molecule has 0 bridgehead atoms. The molecule has 1 aromatic rings. The molecule has 0 aromatic heterocycles. The van der Waals surface area contributed by atoms with Crippen molar-refractivity contribution in [2.45, 2.75) is 25.8 Å². The van der Waals surface area contributed by atoms with Crippen LogP contribution in [0, 0.1) is 6.92 Å². The van der Waals surface area contributed by atoms with E-state index < -0.39 is 0 Å². The van der Waals surface area contributed by atoms with Crippen LogP contribution in [0.4, 0.5) is 0 Å². The van der Waals surface area contributed by atoms with E-state index in [1.165, 1.54) is 24.0 Å². The molecule has 1 fully saturated rings. The van der Waals surface area contributed by atoms with Crippen LogP contribution in [0.2, 0.25) is 0 Å². The number of fused-ring (bicyclic) bond motifs is 1. The van der Waals surface area contributed by atoms with Crippen LogP contribution in [-0.2, 0) is 0 Å². The number of hydrogen-bond donors (Lipinski definition) is 1. The van der Waals surface area contributed by atoms with E-state index in [0.29, 0.717) is 19.3 Å². The summed E-state index contributed by atoms with van der Waals surface area (Å²) in [5, 5.41) is 3.53. The Kier molecular flexibility index (Phi) is 3.01. The molecule has 1 unspecified atom stereocenters. The van der Waals surface area contributed by atoms with Gasteiger partial charge in [0.2, 0.25) is 0 Å². The van der Waals surface area contributed by atoms with Gasteiger partial charge in [-0.1, -0.05) is 15.9 Å². The minimum atomic E-state index is 0.445. The highest BCUT2D eigenvalue weighted by Gasteiger charge is 2.26. The topological polar surface area (TPSA) is 30.5 Å². The molecule has 0 aliphatic carbocycles. The molecule has 4 heteroatoms. The van der Waals surface area contributed by atoms with E-state index in [1.807, 2.05) is 6.07 Å². The van der Waals surface area contributed by atoms with Crippen LogP contribution in [0.25, 0.3) is 0 Å². The van der Waals surface area contributed by atoms with E-state index in [0.717, 1.165) is 22.5 Å². The summed E-state index contributed by atoms with van der Waals surface area (Å²) in [6.45, 7) is 4.51. The van der Waals surface area contributed by atoms with E-state index in [-0.39, 0.29) is 0 Å². The predicted octanol–water partition coefficient (Wildman–Crippen LogP) is 2.95. The lowest BCUT2D eigenvalue weighted by Gasteiger charge is -2.25. The first-order chi connectivity index (χ1) is 8.27. The summed E-state index contributed by atoms with van der Waals surface area (Å²) in [4.78, 5) is 0. The quantitative estimate of drug-likeness (QED) is 0.864. The maximum absolute atomic E-state index is 5.74. The molecule has 3 nitrogen and oxygen atoms in total. The Labute approximate surface area is 110 Å². The lowest BCUT2D eigenvalue weighted by Crippen LogP contribution is -2.19. The molecule has 1 atom stereocenters.